The van der Waals surface area contributed by atoms with Crippen molar-refractivity contribution in [1.82, 2.24) is 10.1 Å². The molecule has 0 unspecified atom stereocenters. The molecule has 160 valence electrons. The lowest BCUT2D eigenvalue weighted by Crippen LogP contribution is -2.11. The van der Waals surface area contributed by atoms with E-state index in [-0.39, 0.29) is 5.91 Å². The van der Waals surface area contributed by atoms with Crippen molar-refractivity contribution in [2.24, 2.45) is 0 Å². The number of hydrogen-bond acceptors (Lipinski definition) is 4. The van der Waals surface area contributed by atoms with Crippen molar-refractivity contribution in [3.05, 3.63) is 77.3 Å². The van der Waals surface area contributed by atoms with Crippen LogP contribution in [0.15, 0.2) is 59.4 Å². The summed E-state index contributed by atoms with van der Waals surface area (Å²) >= 11 is 0. The van der Waals surface area contributed by atoms with Gasteiger partial charge in [0, 0.05) is 23.5 Å². The van der Waals surface area contributed by atoms with E-state index in [4.69, 9.17) is 9.26 Å². The number of H-pyrrole nitrogens is 1. The van der Waals surface area contributed by atoms with Gasteiger partial charge in [-0.1, -0.05) is 17.3 Å². The van der Waals surface area contributed by atoms with Crippen molar-refractivity contribution >= 4 is 22.5 Å². The minimum atomic E-state index is -4.35. The maximum absolute atomic E-state index is 12.6. The maximum Gasteiger partial charge on any atom is 0.416 e. The molecular formula is C22H18F3N3O3. The number of alkyl halides is 3. The molecule has 9 heteroatoms. The molecule has 2 heterocycles. The van der Waals surface area contributed by atoms with E-state index < -0.39 is 11.7 Å². The van der Waals surface area contributed by atoms with Crippen LogP contribution < -0.4 is 10.1 Å². The predicted octanol–water partition coefficient (Wildman–Crippen LogP) is 5.36. The fourth-order valence-electron chi connectivity index (χ4n) is 3.15. The number of halogens is 3. The van der Waals surface area contributed by atoms with Gasteiger partial charge >= 0.3 is 6.18 Å². The molecule has 4 aromatic rings. The van der Waals surface area contributed by atoms with Crippen LogP contribution in [-0.2, 0) is 12.6 Å². The lowest BCUT2D eigenvalue weighted by Gasteiger charge is -2.09. The summed E-state index contributed by atoms with van der Waals surface area (Å²) in [6.45, 7) is 1.95. The van der Waals surface area contributed by atoms with E-state index in [2.05, 4.69) is 15.5 Å². The third kappa shape index (κ3) is 4.55. The van der Waals surface area contributed by atoms with Gasteiger partial charge in [-0.15, -0.1) is 0 Å². The summed E-state index contributed by atoms with van der Waals surface area (Å²) in [6, 6.07) is 10.4. The Labute approximate surface area is 175 Å². The van der Waals surface area contributed by atoms with Crippen molar-refractivity contribution in [2.45, 2.75) is 19.5 Å². The molecule has 0 aliphatic rings. The van der Waals surface area contributed by atoms with Crippen molar-refractivity contribution in [3.8, 4) is 5.75 Å². The number of nitrogens with one attached hydrogen (secondary N) is 2. The van der Waals surface area contributed by atoms with Crippen molar-refractivity contribution in [2.75, 3.05) is 11.9 Å². The number of nitrogens with zero attached hydrogens (tertiary/aromatic N) is 1. The van der Waals surface area contributed by atoms with E-state index in [1.165, 1.54) is 18.3 Å². The second-order valence-corrected chi connectivity index (χ2v) is 6.95. The van der Waals surface area contributed by atoms with Gasteiger partial charge in [0.1, 0.15) is 17.1 Å². The summed E-state index contributed by atoms with van der Waals surface area (Å²) in [7, 11) is 0. The molecule has 4 rings (SSSR count). The third-order valence-electron chi connectivity index (χ3n) is 4.84. The number of aromatic nitrogens is 2. The quantitative estimate of drug-likeness (QED) is 0.433. The molecule has 0 spiro atoms. The molecular weight excluding hydrogens is 411 g/mol. The minimum Gasteiger partial charge on any atom is -0.493 e. The highest BCUT2D eigenvalue weighted by Crippen LogP contribution is 2.30. The Morgan fingerprint density at radius 1 is 1.19 bits per heavy atom. The number of aryl methyl sites for hydroxylation is 1. The Morgan fingerprint density at radius 2 is 1.97 bits per heavy atom. The molecule has 0 bridgehead atoms. The number of benzene rings is 2. The van der Waals surface area contributed by atoms with E-state index in [9.17, 15) is 18.0 Å². The van der Waals surface area contributed by atoms with Gasteiger partial charge in [-0.3, -0.25) is 4.79 Å². The maximum atomic E-state index is 12.6. The van der Waals surface area contributed by atoms with Crippen molar-refractivity contribution in [3.63, 3.8) is 0 Å². The molecule has 0 saturated carbocycles. The molecule has 0 radical (unpaired) electrons. The van der Waals surface area contributed by atoms with E-state index in [0.29, 0.717) is 35.8 Å². The Hall–Kier alpha value is -3.75. The smallest absolute Gasteiger partial charge is 0.416 e. The molecule has 0 aliphatic carbocycles. The van der Waals surface area contributed by atoms with E-state index >= 15 is 0 Å². The first-order valence-corrected chi connectivity index (χ1v) is 9.44. The lowest BCUT2D eigenvalue weighted by molar-refractivity contribution is -0.137. The lowest BCUT2D eigenvalue weighted by atomic mass is 10.1. The monoisotopic (exact) mass is 429 g/mol. The van der Waals surface area contributed by atoms with Crippen LogP contribution in [0.4, 0.5) is 18.9 Å². The molecule has 0 aliphatic heterocycles. The van der Waals surface area contributed by atoms with Gasteiger partial charge in [0.25, 0.3) is 5.91 Å². The van der Waals surface area contributed by atoms with E-state index in [0.717, 1.165) is 28.6 Å². The number of ether oxygens (including phenoxy) is 1. The Kier molecular flexibility index (Phi) is 5.41. The predicted molar refractivity (Wildman–Crippen MR) is 108 cm³/mol. The molecule has 1 amide bonds. The zero-order valence-corrected chi connectivity index (χ0v) is 16.4. The summed E-state index contributed by atoms with van der Waals surface area (Å²) in [5, 5.41) is 7.18. The van der Waals surface area contributed by atoms with Gasteiger partial charge in [-0.25, -0.2) is 0 Å². The number of fused-ring (bicyclic) bond motifs is 1. The van der Waals surface area contributed by atoms with Crippen LogP contribution in [-0.4, -0.2) is 22.7 Å². The van der Waals surface area contributed by atoms with Crippen LogP contribution in [0.25, 0.3) is 10.9 Å². The fourth-order valence-corrected chi connectivity index (χ4v) is 3.15. The average Bonchev–Trinajstić information content (AvgIpc) is 3.34. The normalized spacial score (nSPS) is 11.6. The summed E-state index contributed by atoms with van der Waals surface area (Å²) in [6.07, 6.45) is -0.854. The molecule has 0 atom stereocenters. The molecule has 6 nitrogen and oxygen atoms in total. The van der Waals surface area contributed by atoms with Crippen LogP contribution in [0.3, 0.4) is 0 Å². The number of anilines is 1. The topological polar surface area (TPSA) is 80.2 Å². The van der Waals surface area contributed by atoms with Crippen LogP contribution in [0.1, 0.15) is 27.2 Å². The number of rotatable bonds is 6. The minimum absolute atomic E-state index is 0.295. The first kappa shape index (κ1) is 20.5. The molecule has 2 aromatic heterocycles. The highest BCUT2D eigenvalue weighted by atomic mass is 19.4. The van der Waals surface area contributed by atoms with Gasteiger partial charge in [-0.05, 0) is 42.8 Å². The molecule has 2 N–H and O–H groups in total. The van der Waals surface area contributed by atoms with Crippen LogP contribution >= 0.6 is 0 Å². The van der Waals surface area contributed by atoms with Crippen LogP contribution in [0, 0.1) is 6.92 Å². The second kappa shape index (κ2) is 8.17. The molecule has 2 aromatic carbocycles. The summed E-state index contributed by atoms with van der Waals surface area (Å²) < 4.78 is 48.6. The summed E-state index contributed by atoms with van der Waals surface area (Å²) in [5.41, 5.74) is 1.80. The summed E-state index contributed by atoms with van der Waals surface area (Å²) in [5.74, 6) is 0.661. The number of amides is 1. The van der Waals surface area contributed by atoms with Gasteiger partial charge in [0.2, 0.25) is 0 Å². The molecule has 0 fully saturated rings. The highest BCUT2D eigenvalue weighted by molar-refractivity contribution is 6.09. The largest absolute Gasteiger partial charge is 0.493 e. The number of hydrogen-bond donors (Lipinski definition) is 2. The van der Waals surface area contributed by atoms with E-state index in [1.807, 2.05) is 6.07 Å². The fraction of sp³-hybridized carbons (Fsp3) is 0.182. The number of carbonyl (C=O) groups excluding carboxylic acids is 1. The second-order valence-electron chi connectivity index (χ2n) is 6.95. The van der Waals surface area contributed by atoms with Crippen LogP contribution in [0.5, 0.6) is 5.75 Å². The Morgan fingerprint density at radius 3 is 2.65 bits per heavy atom. The summed E-state index contributed by atoms with van der Waals surface area (Å²) in [4.78, 5) is 15.5. The highest BCUT2D eigenvalue weighted by Gasteiger charge is 2.29. The zero-order valence-electron chi connectivity index (χ0n) is 16.4. The van der Waals surface area contributed by atoms with Crippen molar-refractivity contribution in [1.29, 1.82) is 0 Å². The molecule has 0 saturated heterocycles. The standard InChI is InChI=1S/C22H18F3N3O3/c1-13-18(11-27-31-13)21(29)28-20-12-26-19-7-6-16(10-17(19)20)30-9-8-14-2-4-15(5-3-14)22(23,24)25/h2-7,10-12,26H,8-9H2,1H3,(H,28,29). The first-order chi connectivity index (χ1) is 14.8. The average molecular weight is 429 g/mol. The zero-order chi connectivity index (χ0) is 22.0. The Bertz CT molecular complexity index is 1210. The van der Waals surface area contributed by atoms with Gasteiger partial charge in [-0.2, -0.15) is 13.2 Å². The number of aromatic amines is 1. The molecule has 31 heavy (non-hydrogen) atoms. The third-order valence-corrected chi connectivity index (χ3v) is 4.84. The van der Waals surface area contributed by atoms with Gasteiger partial charge in [0.05, 0.1) is 24.1 Å². The van der Waals surface area contributed by atoms with Gasteiger partial charge in [0.15, 0.2) is 0 Å². The van der Waals surface area contributed by atoms with Crippen LogP contribution in [0.2, 0.25) is 0 Å². The number of carbonyl (C=O) groups is 1. The SMILES string of the molecule is Cc1oncc1C(=O)Nc1c[nH]c2ccc(OCCc3ccc(C(F)(F)F)cc3)cc12. The van der Waals surface area contributed by atoms with Crippen molar-refractivity contribution < 1.29 is 27.2 Å². The Balaban J connectivity index is 1.41. The first-order valence-electron chi connectivity index (χ1n) is 9.44. The van der Waals surface area contributed by atoms with E-state index in [1.54, 1.807) is 25.3 Å². The van der Waals surface area contributed by atoms with Gasteiger partial charge < -0.3 is 19.6 Å².